The van der Waals surface area contributed by atoms with Gasteiger partial charge in [0, 0.05) is 10.6 Å². The summed E-state index contributed by atoms with van der Waals surface area (Å²) in [6.45, 7) is 0.526. The summed E-state index contributed by atoms with van der Waals surface area (Å²) in [5.41, 5.74) is -0.618. The third-order valence-corrected chi connectivity index (χ3v) is 2.46. The van der Waals surface area contributed by atoms with E-state index in [1.165, 1.54) is 0 Å². The van der Waals surface area contributed by atoms with Crippen LogP contribution in [-0.2, 0) is 12.6 Å². The Bertz CT molecular complexity index is 356. The predicted molar refractivity (Wildman–Crippen MR) is 55.7 cm³/mol. The molecule has 0 fully saturated rings. The summed E-state index contributed by atoms with van der Waals surface area (Å²) in [5.74, 6) is -0.421. The van der Waals surface area contributed by atoms with Crippen molar-refractivity contribution in [2.45, 2.75) is 12.6 Å². The van der Waals surface area contributed by atoms with Gasteiger partial charge in [0.25, 0.3) is 0 Å². The molecule has 90 valence electrons. The number of alkyl halides is 3. The molecule has 0 atom stereocenters. The van der Waals surface area contributed by atoms with Crippen molar-refractivity contribution in [2.75, 3.05) is 13.6 Å². The first-order valence-corrected chi connectivity index (χ1v) is 4.97. The molecule has 1 rings (SSSR count). The molecule has 2 nitrogen and oxygen atoms in total. The van der Waals surface area contributed by atoms with E-state index in [0.29, 0.717) is 24.6 Å². The number of halogens is 4. The van der Waals surface area contributed by atoms with E-state index in [1.54, 1.807) is 7.05 Å². The minimum atomic E-state index is -4.50. The highest BCUT2D eigenvalue weighted by Gasteiger charge is 2.32. The van der Waals surface area contributed by atoms with Gasteiger partial charge < -0.3 is 10.4 Å². The summed E-state index contributed by atoms with van der Waals surface area (Å²) in [7, 11) is 1.70. The van der Waals surface area contributed by atoms with Gasteiger partial charge in [0.2, 0.25) is 0 Å². The van der Waals surface area contributed by atoms with Crippen molar-refractivity contribution in [1.29, 1.82) is 0 Å². The van der Waals surface area contributed by atoms with Gasteiger partial charge in [-0.25, -0.2) is 0 Å². The molecule has 0 spiro atoms. The molecular weight excluding hydrogens is 243 g/mol. The maximum atomic E-state index is 12.3. The number of phenolic OH excluding ortho intramolecular Hbond substituents is 1. The molecule has 0 saturated heterocycles. The molecule has 0 amide bonds. The average Bonchev–Trinajstić information content (AvgIpc) is 2.15. The zero-order valence-corrected chi connectivity index (χ0v) is 9.28. The third-order valence-electron chi connectivity index (χ3n) is 2.12. The van der Waals surface area contributed by atoms with E-state index in [9.17, 15) is 18.3 Å². The van der Waals surface area contributed by atoms with E-state index in [0.717, 1.165) is 6.07 Å². The summed E-state index contributed by atoms with van der Waals surface area (Å²) in [4.78, 5) is 0. The van der Waals surface area contributed by atoms with Crippen LogP contribution in [-0.4, -0.2) is 18.7 Å². The summed E-state index contributed by atoms with van der Waals surface area (Å²) >= 11 is 5.69. The van der Waals surface area contributed by atoms with Crippen molar-refractivity contribution >= 4 is 11.6 Å². The Hall–Kier alpha value is -0.940. The van der Waals surface area contributed by atoms with E-state index in [2.05, 4.69) is 5.32 Å². The van der Waals surface area contributed by atoms with Crippen LogP contribution in [0.4, 0.5) is 13.2 Å². The monoisotopic (exact) mass is 253 g/mol. The quantitative estimate of drug-likeness (QED) is 0.868. The number of nitrogens with one attached hydrogen (secondary N) is 1. The highest BCUT2D eigenvalue weighted by atomic mass is 35.5. The van der Waals surface area contributed by atoms with E-state index in [4.69, 9.17) is 11.6 Å². The van der Waals surface area contributed by atoms with Crippen molar-refractivity contribution in [3.63, 3.8) is 0 Å². The third kappa shape index (κ3) is 3.02. The molecule has 0 aliphatic carbocycles. The Morgan fingerprint density at radius 2 is 2.00 bits per heavy atom. The SMILES string of the molecule is CNCCc1c(O)cc(C(F)(F)F)cc1Cl. The number of hydrogen-bond donors (Lipinski definition) is 2. The van der Waals surface area contributed by atoms with Crippen LogP contribution in [0.15, 0.2) is 12.1 Å². The molecule has 2 N–H and O–H groups in total. The molecule has 0 bridgehead atoms. The first-order chi connectivity index (χ1) is 7.36. The van der Waals surface area contributed by atoms with Gasteiger partial charge in [-0.2, -0.15) is 13.2 Å². The molecular formula is C10H11ClF3NO. The first-order valence-electron chi connectivity index (χ1n) is 4.59. The smallest absolute Gasteiger partial charge is 0.416 e. The van der Waals surface area contributed by atoms with Crippen LogP contribution in [0.25, 0.3) is 0 Å². The fourth-order valence-electron chi connectivity index (χ4n) is 1.28. The Kier molecular flexibility index (Phi) is 4.04. The Morgan fingerprint density at radius 1 is 1.38 bits per heavy atom. The zero-order chi connectivity index (χ0) is 12.3. The maximum Gasteiger partial charge on any atom is 0.416 e. The number of benzene rings is 1. The largest absolute Gasteiger partial charge is 0.508 e. The highest BCUT2D eigenvalue weighted by Crippen LogP contribution is 2.36. The zero-order valence-electron chi connectivity index (χ0n) is 8.53. The minimum absolute atomic E-state index is 0.0671. The van der Waals surface area contributed by atoms with E-state index in [-0.39, 0.29) is 5.02 Å². The molecule has 0 saturated carbocycles. The second-order valence-electron chi connectivity index (χ2n) is 3.31. The van der Waals surface area contributed by atoms with Crippen LogP contribution in [0, 0.1) is 0 Å². The lowest BCUT2D eigenvalue weighted by molar-refractivity contribution is -0.137. The summed E-state index contributed by atoms with van der Waals surface area (Å²) in [6.07, 6.45) is -4.12. The van der Waals surface area contributed by atoms with Gasteiger partial charge in [0.15, 0.2) is 0 Å². The molecule has 0 aliphatic heterocycles. The Morgan fingerprint density at radius 3 is 2.44 bits per heavy atom. The topological polar surface area (TPSA) is 32.3 Å². The van der Waals surface area contributed by atoms with Crippen LogP contribution in [0.2, 0.25) is 5.02 Å². The van der Waals surface area contributed by atoms with E-state index >= 15 is 0 Å². The fourth-order valence-corrected chi connectivity index (χ4v) is 1.59. The van der Waals surface area contributed by atoms with E-state index < -0.39 is 17.5 Å². The van der Waals surface area contributed by atoms with Gasteiger partial charge in [-0.15, -0.1) is 0 Å². The van der Waals surface area contributed by atoms with Gasteiger partial charge in [-0.1, -0.05) is 11.6 Å². The molecule has 1 aromatic carbocycles. The van der Waals surface area contributed by atoms with Gasteiger partial charge >= 0.3 is 6.18 Å². The van der Waals surface area contributed by atoms with Crippen molar-refractivity contribution < 1.29 is 18.3 Å². The number of rotatable bonds is 3. The normalized spacial score (nSPS) is 11.8. The number of hydrogen-bond acceptors (Lipinski definition) is 2. The minimum Gasteiger partial charge on any atom is -0.508 e. The summed E-state index contributed by atoms with van der Waals surface area (Å²) in [5, 5.41) is 12.2. The lowest BCUT2D eigenvalue weighted by Crippen LogP contribution is -2.11. The van der Waals surface area contributed by atoms with Crippen LogP contribution < -0.4 is 5.32 Å². The molecule has 1 aromatic rings. The first kappa shape index (κ1) is 13.1. The molecule has 0 heterocycles. The van der Waals surface area contributed by atoms with Crippen molar-refractivity contribution in [3.8, 4) is 5.75 Å². The highest BCUT2D eigenvalue weighted by molar-refractivity contribution is 6.31. The molecule has 0 aliphatic rings. The maximum absolute atomic E-state index is 12.3. The van der Waals surface area contributed by atoms with Crippen LogP contribution in [0.3, 0.4) is 0 Å². The number of aromatic hydroxyl groups is 1. The van der Waals surface area contributed by atoms with Crippen molar-refractivity contribution in [3.05, 3.63) is 28.3 Å². The fraction of sp³-hybridized carbons (Fsp3) is 0.400. The summed E-state index contributed by atoms with van der Waals surface area (Å²) < 4.78 is 37.0. The van der Waals surface area contributed by atoms with Crippen LogP contribution in [0.5, 0.6) is 5.75 Å². The summed E-state index contributed by atoms with van der Waals surface area (Å²) in [6, 6.07) is 1.52. The van der Waals surface area contributed by atoms with Gasteiger partial charge in [-0.05, 0) is 32.1 Å². The predicted octanol–water partition coefficient (Wildman–Crippen LogP) is 2.83. The van der Waals surface area contributed by atoms with Gasteiger partial charge in [0.1, 0.15) is 5.75 Å². The number of phenols is 1. The number of likely N-dealkylation sites (N-methyl/N-ethyl adjacent to an activating group) is 1. The molecule has 0 unspecified atom stereocenters. The van der Waals surface area contributed by atoms with Crippen molar-refractivity contribution in [2.24, 2.45) is 0 Å². The molecule has 0 aromatic heterocycles. The average molecular weight is 254 g/mol. The van der Waals surface area contributed by atoms with Crippen molar-refractivity contribution in [1.82, 2.24) is 5.32 Å². The Balaban J connectivity index is 3.08. The lowest BCUT2D eigenvalue weighted by Gasteiger charge is -2.12. The second-order valence-corrected chi connectivity index (χ2v) is 3.71. The molecule has 16 heavy (non-hydrogen) atoms. The van der Waals surface area contributed by atoms with Crippen LogP contribution >= 0.6 is 11.6 Å². The van der Waals surface area contributed by atoms with Gasteiger partial charge in [-0.3, -0.25) is 0 Å². The lowest BCUT2D eigenvalue weighted by atomic mass is 10.1. The van der Waals surface area contributed by atoms with Crippen LogP contribution in [0.1, 0.15) is 11.1 Å². The molecule has 0 radical (unpaired) electrons. The molecule has 6 heteroatoms. The Labute approximate surface area is 96.0 Å². The standard InChI is InChI=1S/C10H11ClF3NO/c1-15-3-2-7-8(11)4-6(5-9(7)16)10(12,13)14/h4-5,15-16H,2-3H2,1H3. The van der Waals surface area contributed by atoms with Gasteiger partial charge in [0.05, 0.1) is 5.56 Å². The van der Waals surface area contributed by atoms with E-state index in [1.807, 2.05) is 0 Å². The second kappa shape index (κ2) is 4.93.